The van der Waals surface area contributed by atoms with Crippen LogP contribution in [0.2, 0.25) is 0 Å². The van der Waals surface area contributed by atoms with Crippen molar-refractivity contribution in [1.29, 1.82) is 5.26 Å². The second-order valence-corrected chi connectivity index (χ2v) is 3.97. The van der Waals surface area contributed by atoms with Gasteiger partial charge in [-0.15, -0.1) is 0 Å². The number of aliphatic hydroxyl groups excluding tert-OH is 1. The first kappa shape index (κ1) is 14.7. The largest absolute Gasteiger partial charge is 0.396 e. The molecule has 0 heterocycles. The highest BCUT2D eigenvalue weighted by atomic mass is 16.3. The number of anilines is 1. The predicted octanol–water partition coefficient (Wildman–Crippen LogP) is 1.31. The molecule has 3 N–H and O–H groups in total. The summed E-state index contributed by atoms with van der Waals surface area (Å²) < 4.78 is 0. The van der Waals surface area contributed by atoms with Crippen molar-refractivity contribution in [3.05, 3.63) is 41.6 Å². The maximum absolute atomic E-state index is 11.9. The molecule has 0 bridgehead atoms. The molecule has 100 valence electrons. The number of amides is 1. The van der Waals surface area contributed by atoms with Crippen LogP contribution in [0.3, 0.4) is 0 Å². The lowest BCUT2D eigenvalue weighted by Crippen LogP contribution is -2.18. The quantitative estimate of drug-likeness (QED) is 0.408. The third-order valence-electron chi connectivity index (χ3n) is 2.48. The monoisotopic (exact) mass is 259 g/mol. The second kappa shape index (κ2) is 7.90. The van der Waals surface area contributed by atoms with Crippen molar-refractivity contribution in [1.82, 2.24) is 5.32 Å². The topological polar surface area (TPSA) is 85.2 Å². The molecule has 0 spiro atoms. The molecular weight excluding hydrogens is 242 g/mol. The van der Waals surface area contributed by atoms with Gasteiger partial charge in [0.1, 0.15) is 11.6 Å². The third kappa shape index (κ3) is 4.82. The highest BCUT2D eigenvalue weighted by Crippen LogP contribution is 2.13. The zero-order valence-electron chi connectivity index (χ0n) is 10.8. The molecule has 1 aromatic carbocycles. The number of hydrogen-bond donors (Lipinski definition) is 3. The van der Waals surface area contributed by atoms with Gasteiger partial charge in [-0.25, -0.2) is 0 Å². The Morgan fingerprint density at radius 1 is 1.47 bits per heavy atom. The maximum atomic E-state index is 11.9. The predicted molar refractivity (Wildman–Crippen MR) is 73.2 cm³/mol. The number of nitrogens with one attached hydrogen (secondary N) is 2. The van der Waals surface area contributed by atoms with Gasteiger partial charge in [0.05, 0.1) is 0 Å². The van der Waals surface area contributed by atoms with Crippen molar-refractivity contribution in [2.75, 3.05) is 18.5 Å². The number of benzene rings is 1. The van der Waals surface area contributed by atoms with E-state index >= 15 is 0 Å². The normalized spacial score (nSPS) is 10.7. The molecule has 0 fully saturated rings. The molecule has 0 saturated heterocycles. The number of para-hydroxylation sites is 1. The van der Waals surface area contributed by atoms with Crippen LogP contribution in [0, 0.1) is 18.3 Å². The van der Waals surface area contributed by atoms with Gasteiger partial charge in [-0.1, -0.05) is 18.2 Å². The molecule has 1 rings (SSSR count). The van der Waals surface area contributed by atoms with E-state index in [1.54, 1.807) is 6.07 Å². The van der Waals surface area contributed by atoms with E-state index in [-0.39, 0.29) is 12.2 Å². The molecule has 0 atom stereocenters. The first-order valence-electron chi connectivity index (χ1n) is 6.00. The Kier molecular flexibility index (Phi) is 6.13. The van der Waals surface area contributed by atoms with Crippen LogP contribution in [0.1, 0.15) is 12.0 Å². The Balaban J connectivity index is 2.65. The van der Waals surface area contributed by atoms with Crippen molar-refractivity contribution < 1.29 is 9.90 Å². The number of nitrogens with zero attached hydrogens (tertiary/aromatic N) is 1. The fourth-order valence-corrected chi connectivity index (χ4v) is 1.41. The lowest BCUT2D eigenvalue weighted by molar-refractivity contribution is -0.112. The van der Waals surface area contributed by atoms with Gasteiger partial charge < -0.3 is 15.7 Å². The van der Waals surface area contributed by atoms with Crippen LogP contribution in [0.4, 0.5) is 5.69 Å². The molecule has 1 amide bonds. The van der Waals surface area contributed by atoms with Gasteiger partial charge in [0.2, 0.25) is 0 Å². The number of aryl methyl sites for hydroxylation is 1. The van der Waals surface area contributed by atoms with Gasteiger partial charge in [-0.05, 0) is 25.0 Å². The summed E-state index contributed by atoms with van der Waals surface area (Å²) >= 11 is 0. The van der Waals surface area contributed by atoms with E-state index in [9.17, 15) is 4.79 Å². The number of aliphatic hydroxyl groups is 1. The number of rotatable bonds is 6. The van der Waals surface area contributed by atoms with Gasteiger partial charge in [-0.3, -0.25) is 4.79 Å². The average molecular weight is 259 g/mol. The lowest BCUT2D eigenvalue weighted by atomic mass is 10.2. The Morgan fingerprint density at radius 3 is 2.84 bits per heavy atom. The van der Waals surface area contributed by atoms with Crippen LogP contribution in [-0.2, 0) is 4.79 Å². The van der Waals surface area contributed by atoms with E-state index in [1.165, 1.54) is 6.20 Å². The van der Waals surface area contributed by atoms with Gasteiger partial charge in [0.25, 0.3) is 5.91 Å². The summed E-state index contributed by atoms with van der Waals surface area (Å²) in [5.74, 6) is -0.451. The Morgan fingerprint density at radius 2 is 2.21 bits per heavy atom. The smallest absolute Gasteiger partial charge is 0.267 e. The van der Waals surface area contributed by atoms with Crippen LogP contribution in [0.5, 0.6) is 0 Å². The van der Waals surface area contributed by atoms with Gasteiger partial charge in [-0.2, -0.15) is 5.26 Å². The van der Waals surface area contributed by atoms with Crippen LogP contribution >= 0.6 is 0 Å². The number of nitriles is 1. The minimum atomic E-state index is -0.451. The van der Waals surface area contributed by atoms with E-state index in [0.717, 1.165) is 5.56 Å². The number of carbonyl (C=O) groups is 1. The highest BCUT2D eigenvalue weighted by molar-refractivity contribution is 6.06. The minimum Gasteiger partial charge on any atom is -0.396 e. The molecule has 19 heavy (non-hydrogen) atoms. The SMILES string of the molecule is Cc1ccccc1NC(=O)/C(C#N)=C\NCCCO. The molecule has 0 radical (unpaired) electrons. The molecule has 0 aliphatic heterocycles. The Hall–Kier alpha value is -2.32. The van der Waals surface area contributed by atoms with Gasteiger partial charge in [0, 0.05) is 25.0 Å². The Bertz CT molecular complexity index is 504. The lowest BCUT2D eigenvalue weighted by Gasteiger charge is -2.07. The van der Waals surface area contributed by atoms with Crippen LogP contribution in [-0.4, -0.2) is 24.2 Å². The van der Waals surface area contributed by atoms with E-state index in [2.05, 4.69) is 10.6 Å². The van der Waals surface area contributed by atoms with Crippen LogP contribution in [0.25, 0.3) is 0 Å². The average Bonchev–Trinajstić information content (AvgIpc) is 2.41. The maximum Gasteiger partial charge on any atom is 0.267 e. The molecule has 0 aromatic heterocycles. The van der Waals surface area contributed by atoms with Crippen LogP contribution in [0.15, 0.2) is 36.0 Å². The number of hydrogen-bond acceptors (Lipinski definition) is 4. The summed E-state index contributed by atoms with van der Waals surface area (Å²) in [5, 5.41) is 23.0. The first-order valence-corrected chi connectivity index (χ1v) is 6.00. The first-order chi connectivity index (χ1) is 9.19. The van der Waals surface area contributed by atoms with E-state index in [1.807, 2.05) is 31.2 Å². The van der Waals surface area contributed by atoms with Crippen molar-refractivity contribution in [3.8, 4) is 6.07 Å². The minimum absolute atomic E-state index is 0.00110. The van der Waals surface area contributed by atoms with E-state index in [4.69, 9.17) is 10.4 Å². The molecule has 0 aliphatic carbocycles. The molecule has 1 aromatic rings. The van der Waals surface area contributed by atoms with Crippen molar-refractivity contribution in [2.24, 2.45) is 0 Å². The van der Waals surface area contributed by atoms with E-state index in [0.29, 0.717) is 18.7 Å². The molecule has 5 nitrogen and oxygen atoms in total. The summed E-state index contributed by atoms with van der Waals surface area (Å²) in [7, 11) is 0. The van der Waals surface area contributed by atoms with Crippen LogP contribution < -0.4 is 10.6 Å². The van der Waals surface area contributed by atoms with Crippen molar-refractivity contribution in [3.63, 3.8) is 0 Å². The Labute approximate surface area is 112 Å². The van der Waals surface area contributed by atoms with Crippen molar-refractivity contribution >= 4 is 11.6 Å². The molecule has 0 saturated carbocycles. The standard InChI is InChI=1S/C14H17N3O2/c1-11-5-2-3-6-13(11)17-14(19)12(9-15)10-16-7-4-8-18/h2-3,5-6,10,16,18H,4,7-8H2,1H3,(H,17,19)/b12-10-. The summed E-state index contributed by atoms with van der Waals surface area (Å²) in [6.07, 6.45) is 1.93. The van der Waals surface area contributed by atoms with E-state index < -0.39 is 5.91 Å². The zero-order chi connectivity index (χ0) is 14.1. The fraction of sp³-hybridized carbons (Fsp3) is 0.286. The fourth-order valence-electron chi connectivity index (χ4n) is 1.41. The highest BCUT2D eigenvalue weighted by Gasteiger charge is 2.09. The summed E-state index contributed by atoms with van der Waals surface area (Å²) in [5.41, 5.74) is 1.62. The summed E-state index contributed by atoms with van der Waals surface area (Å²) in [6, 6.07) is 9.20. The number of carbonyl (C=O) groups excluding carboxylic acids is 1. The van der Waals surface area contributed by atoms with Gasteiger partial charge >= 0.3 is 0 Å². The molecule has 0 aliphatic rings. The van der Waals surface area contributed by atoms with Gasteiger partial charge in [0.15, 0.2) is 0 Å². The second-order valence-electron chi connectivity index (χ2n) is 3.97. The molecular formula is C14H17N3O2. The summed E-state index contributed by atoms with van der Waals surface area (Å²) in [4.78, 5) is 11.9. The van der Waals surface area contributed by atoms with Crippen molar-refractivity contribution in [2.45, 2.75) is 13.3 Å². The zero-order valence-corrected chi connectivity index (χ0v) is 10.8. The summed E-state index contributed by atoms with van der Waals surface area (Å²) in [6.45, 7) is 2.46. The molecule has 5 heteroatoms. The molecule has 0 unspecified atom stereocenters. The third-order valence-corrected chi connectivity index (χ3v) is 2.48.